The van der Waals surface area contributed by atoms with E-state index in [4.69, 9.17) is 13.3 Å². The molecule has 0 radical (unpaired) electrons. The summed E-state index contributed by atoms with van der Waals surface area (Å²) in [6.07, 6.45) is 1.18. The summed E-state index contributed by atoms with van der Waals surface area (Å²) >= 11 is -2.31. The van der Waals surface area contributed by atoms with Crippen molar-refractivity contribution in [1.29, 1.82) is 0 Å². The third kappa shape index (κ3) is 8.03. The molecular formula is C6H9ClN3O6S2-. The van der Waals surface area contributed by atoms with Gasteiger partial charge < -0.3 is 9.29 Å². The van der Waals surface area contributed by atoms with Crippen LogP contribution in [0.15, 0.2) is 21.7 Å². The van der Waals surface area contributed by atoms with Crippen LogP contribution in [0.3, 0.4) is 0 Å². The average molecular weight is 319 g/mol. The standard InChI is InChI=1S/C5H6N2O4S.CH3NO2S.ClH/c1-11-5-6-3-2-4(7-5)12(8,9)10;1-2-5(3)4;/h2-3H,1H3,(H,8,9,10);1H2,(H,3,4);1H/p-1. The van der Waals surface area contributed by atoms with Gasteiger partial charge in [0.15, 0.2) is 5.03 Å². The average Bonchev–Trinajstić information content (AvgIpc) is 2.29. The van der Waals surface area contributed by atoms with Gasteiger partial charge >= 0.3 is 16.1 Å². The first-order valence-electron chi connectivity index (χ1n) is 3.72. The molecule has 0 fully saturated rings. The monoisotopic (exact) mass is 318 g/mol. The van der Waals surface area contributed by atoms with Crippen molar-refractivity contribution >= 4 is 40.5 Å². The highest BCUT2D eigenvalue weighted by Crippen LogP contribution is 2.06. The van der Waals surface area contributed by atoms with Crippen molar-refractivity contribution in [3.05, 3.63) is 12.3 Å². The van der Waals surface area contributed by atoms with Gasteiger partial charge in [-0.2, -0.15) is 13.4 Å². The second-order valence-electron chi connectivity index (χ2n) is 2.20. The molecule has 18 heavy (non-hydrogen) atoms. The fourth-order valence-corrected chi connectivity index (χ4v) is 0.993. The van der Waals surface area contributed by atoms with Crippen molar-refractivity contribution < 1.29 is 26.5 Å². The summed E-state index contributed by atoms with van der Waals surface area (Å²) in [5.41, 5.74) is 0. The molecule has 1 heterocycles. The van der Waals surface area contributed by atoms with Crippen LogP contribution >= 0.6 is 12.4 Å². The van der Waals surface area contributed by atoms with E-state index >= 15 is 0 Å². The molecule has 1 N–H and O–H groups in total. The number of halogens is 1. The highest BCUT2D eigenvalue weighted by Gasteiger charge is 2.11. The van der Waals surface area contributed by atoms with Crippen molar-refractivity contribution in [1.82, 2.24) is 9.97 Å². The lowest BCUT2D eigenvalue weighted by Gasteiger charge is -1.97. The smallest absolute Gasteiger partial charge is 0.317 e. The molecule has 0 aliphatic carbocycles. The highest BCUT2D eigenvalue weighted by atomic mass is 35.5. The van der Waals surface area contributed by atoms with Gasteiger partial charge in [-0.15, -0.1) is 12.4 Å². The van der Waals surface area contributed by atoms with Gasteiger partial charge in [0.05, 0.1) is 18.4 Å². The van der Waals surface area contributed by atoms with Gasteiger partial charge in [0.1, 0.15) is 0 Å². The lowest BCUT2D eigenvalue weighted by Crippen LogP contribution is -2.03. The van der Waals surface area contributed by atoms with E-state index in [-0.39, 0.29) is 18.4 Å². The molecule has 9 nitrogen and oxygen atoms in total. The van der Waals surface area contributed by atoms with E-state index in [1.165, 1.54) is 13.3 Å². The van der Waals surface area contributed by atoms with E-state index in [2.05, 4.69) is 25.8 Å². The zero-order valence-electron chi connectivity index (χ0n) is 8.92. The molecule has 1 unspecified atom stereocenters. The molecule has 0 amide bonds. The van der Waals surface area contributed by atoms with Crippen LogP contribution in [0, 0.1) is 0 Å². The van der Waals surface area contributed by atoms with Crippen molar-refractivity contribution in [2.75, 3.05) is 7.11 Å². The fraction of sp³-hybridized carbons (Fsp3) is 0.167. The predicted molar refractivity (Wildman–Crippen MR) is 64.1 cm³/mol. The topological polar surface area (TPSA) is 142 Å². The molecule has 0 spiro atoms. The lowest BCUT2D eigenvalue weighted by molar-refractivity contribution is 0.373. The van der Waals surface area contributed by atoms with Crippen molar-refractivity contribution in [2.45, 2.75) is 5.03 Å². The second-order valence-corrected chi connectivity index (χ2v) is 4.26. The summed E-state index contributed by atoms with van der Waals surface area (Å²) in [6, 6.07) is 0.961. The molecule has 1 aromatic rings. The van der Waals surface area contributed by atoms with Gasteiger partial charge in [-0.1, -0.05) is 0 Å². The van der Waals surface area contributed by atoms with Crippen molar-refractivity contribution in [3.63, 3.8) is 0 Å². The largest absolute Gasteiger partial charge is 0.754 e. The quantitative estimate of drug-likeness (QED) is 0.344. The molecule has 0 aliphatic rings. The predicted octanol–water partition coefficient (Wildman–Crippen LogP) is -0.365. The first-order chi connectivity index (χ1) is 7.81. The molecule has 1 atom stereocenters. The Balaban J connectivity index is 0. The zero-order valence-corrected chi connectivity index (χ0v) is 11.4. The summed E-state index contributed by atoms with van der Waals surface area (Å²) in [7, 11) is -2.97. The maximum absolute atomic E-state index is 10.5. The minimum Gasteiger partial charge on any atom is -0.754 e. The summed E-state index contributed by atoms with van der Waals surface area (Å²) in [6.45, 7) is 2.70. The normalized spacial score (nSPS) is 11.3. The number of rotatable bonds is 3. The number of hydrogen-bond acceptors (Lipinski definition) is 7. The Morgan fingerprint density at radius 2 is 2.11 bits per heavy atom. The number of ether oxygens (including phenoxy) is 1. The number of methoxy groups -OCH3 is 1. The lowest BCUT2D eigenvalue weighted by atomic mass is 10.7. The Kier molecular flexibility index (Phi) is 9.47. The van der Waals surface area contributed by atoms with Crippen molar-refractivity contribution in [2.24, 2.45) is 4.40 Å². The number of nitrogens with zero attached hydrogens (tertiary/aromatic N) is 3. The van der Waals surface area contributed by atoms with Gasteiger partial charge in [0.25, 0.3) is 0 Å². The van der Waals surface area contributed by atoms with Gasteiger partial charge in [-0.25, -0.2) is 9.38 Å². The van der Waals surface area contributed by atoms with Crippen LogP contribution in [0.25, 0.3) is 0 Å². The molecule has 1 rings (SSSR count). The van der Waals surface area contributed by atoms with E-state index in [0.717, 1.165) is 6.07 Å². The van der Waals surface area contributed by atoms with Crippen LogP contribution in [0.4, 0.5) is 0 Å². The van der Waals surface area contributed by atoms with E-state index in [1.54, 1.807) is 0 Å². The van der Waals surface area contributed by atoms with E-state index in [9.17, 15) is 8.42 Å². The maximum atomic E-state index is 10.5. The Bertz CT molecular complexity index is 508. The maximum Gasteiger partial charge on any atom is 0.317 e. The highest BCUT2D eigenvalue weighted by molar-refractivity contribution is 7.85. The van der Waals surface area contributed by atoms with Crippen LogP contribution < -0.4 is 4.74 Å². The van der Waals surface area contributed by atoms with Gasteiger partial charge in [-0.05, 0) is 6.07 Å². The molecular weight excluding hydrogens is 310 g/mol. The van der Waals surface area contributed by atoms with Crippen LogP contribution in [-0.2, 0) is 21.4 Å². The molecule has 0 aliphatic heterocycles. The third-order valence-corrected chi connectivity index (χ3v) is 2.13. The van der Waals surface area contributed by atoms with Crippen molar-refractivity contribution in [3.8, 4) is 6.01 Å². The summed E-state index contributed by atoms with van der Waals surface area (Å²) in [5, 5.41) is -0.477. The first kappa shape index (κ1) is 19.2. The molecule has 0 aromatic carbocycles. The molecule has 1 aromatic heterocycles. The molecule has 12 heteroatoms. The zero-order chi connectivity index (χ0) is 13.5. The Hall–Kier alpha value is -1.14. The molecule has 104 valence electrons. The SMILES string of the molecule is C=NS(=O)[O-].COc1nccc(S(=O)(=O)O)n1.Cl. The third-order valence-electron chi connectivity index (χ3n) is 1.16. The van der Waals surface area contributed by atoms with E-state index in [0.29, 0.717) is 0 Å². The summed E-state index contributed by atoms with van der Waals surface area (Å²) < 4.78 is 54.9. The minimum absolute atomic E-state index is 0. The van der Waals surface area contributed by atoms with E-state index in [1.807, 2.05) is 0 Å². The van der Waals surface area contributed by atoms with Gasteiger partial charge in [0.2, 0.25) is 0 Å². The van der Waals surface area contributed by atoms with Gasteiger partial charge in [0, 0.05) is 12.9 Å². The van der Waals surface area contributed by atoms with E-state index < -0.39 is 26.4 Å². The summed E-state index contributed by atoms with van der Waals surface area (Å²) in [5.74, 6) is 0. The van der Waals surface area contributed by atoms with Crippen LogP contribution in [0.5, 0.6) is 6.01 Å². The number of aromatic nitrogens is 2. The minimum atomic E-state index is -4.27. The van der Waals surface area contributed by atoms with Crippen LogP contribution in [0.2, 0.25) is 0 Å². The molecule has 0 saturated heterocycles. The Labute approximate surface area is 112 Å². The Morgan fingerprint density at radius 3 is 2.44 bits per heavy atom. The summed E-state index contributed by atoms with van der Waals surface area (Å²) in [4.78, 5) is 6.95. The number of hydrogen-bond donors (Lipinski definition) is 1. The Morgan fingerprint density at radius 1 is 1.61 bits per heavy atom. The fourth-order valence-electron chi connectivity index (χ4n) is 0.567. The van der Waals surface area contributed by atoms with Crippen LogP contribution in [-0.4, -0.2) is 45.5 Å². The molecule has 0 bridgehead atoms. The molecule has 0 saturated carbocycles. The van der Waals surface area contributed by atoms with Gasteiger partial charge in [-0.3, -0.25) is 8.76 Å². The second kappa shape index (κ2) is 8.88. The van der Waals surface area contributed by atoms with Crippen LogP contribution in [0.1, 0.15) is 0 Å². The first-order valence-corrected chi connectivity index (χ1v) is 6.19.